The second kappa shape index (κ2) is 7.98. The summed E-state index contributed by atoms with van der Waals surface area (Å²) >= 11 is 0. The van der Waals surface area contributed by atoms with Crippen molar-refractivity contribution in [2.75, 3.05) is 11.9 Å². The van der Waals surface area contributed by atoms with Crippen LogP contribution in [0.2, 0.25) is 0 Å². The minimum absolute atomic E-state index is 0.0282. The number of benzene rings is 2. The lowest BCUT2D eigenvalue weighted by atomic mass is 10.1. The molecule has 2 amide bonds. The molecule has 1 saturated heterocycles. The van der Waals surface area contributed by atoms with Crippen molar-refractivity contribution in [2.45, 2.75) is 32.2 Å². The molecule has 1 N–H and O–H groups in total. The van der Waals surface area contributed by atoms with Crippen molar-refractivity contribution in [1.82, 2.24) is 15.0 Å². The number of halogens is 2. The Morgan fingerprint density at radius 1 is 1.28 bits per heavy atom. The Labute approximate surface area is 166 Å². The van der Waals surface area contributed by atoms with Crippen molar-refractivity contribution in [3.63, 3.8) is 0 Å². The molecule has 3 aromatic rings. The van der Waals surface area contributed by atoms with E-state index in [1.54, 1.807) is 4.90 Å². The van der Waals surface area contributed by atoms with Gasteiger partial charge in [-0.3, -0.25) is 0 Å². The first-order valence-electron chi connectivity index (χ1n) is 9.50. The van der Waals surface area contributed by atoms with Gasteiger partial charge in [-0.05, 0) is 49.1 Å². The molecule has 29 heavy (non-hydrogen) atoms. The molecule has 0 saturated carbocycles. The van der Waals surface area contributed by atoms with Gasteiger partial charge in [0.2, 0.25) is 11.7 Å². The van der Waals surface area contributed by atoms with E-state index >= 15 is 0 Å². The van der Waals surface area contributed by atoms with Gasteiger partial charge in [-0.25, -0.2) is 13.6 Å². The average Bonchev–Trinajstić information content (AvgIpc) is 3.37. The minimum Gasteiger partial charge on any atom is -0.337 e. The summed E-state index contributed by atoms with van der Waals surface area (Å²) in [5.41, 5.74) is 1.90. The van der Waals surface area contributed by atoms with Gasteiger partial charge >= 0.3 is 6.03 Å². The summed E-state index contributed by atoms with van der Waals surface area (Å²) in [7, 11) is 0. The number of urea groups is 1. The molecule has 0 aliphatic carbocycles. The highest BCUT2D eigenvalue weighted by Gasteiger charge is 2.34. The van der Waals surface area contributed by atoms with Crippen LogP contribution in [0.4, 0.5) is 19.3 Å². The van der Waals surface area contributed by atoms with Crippen LogP contribution in [0.3, 0.4) is 0 Å². The Morgan fingerprint density at radius 2 is 2.14 bits per heavy atom. The van der Waals surface area contributed by atoms with Crippen LogP contribution in [0.25, 0.3) is 11.4 Å². The number of likely N-dealkylation sites (tertiary alicyclic amines) is 1. The number of aryl methyl sites for hydroxylation is 1. The number of hydrogen-bond donors (Lipinski definition) is 1. The van der Waals surface area contributed by atoms with Crippen LogP contribution in [-0.2, 0) is 6.42 Å². The molecule has 0 radical (unpaired) electrons. The summed E-state index contributed by atoms with van der Waals surface area (Å²) in [6.45, 7) is 2.60. The average molecular weight is 398 g/mol. The first kappa shape index (κ1) is 19.0. The van der Waals surface area contributed by atoms with Crippen LogP contribution in [0.1, 0.15) is 37.3 Å². The first-order valence-corrected chi connectivity index (χ1v) is 9.50. The van der Waals surface area contributed by atoms with Crippen LogP contribution >= 0.6 is 0 Å². The molecule has 150 valence electrons. The summed E-state index contributed by atoms with van der Waals surface area (Å²) in [5, 5.41) is 6.72. The van der Waals surface area contributed by atoms with Crippen molar-refractivity contribution in [2.24, 2.45) is 0 Å². The van der Waals surface area contributed by atoms with Gasteiger partial charge in [0, 0.05) is 18.3 Å². The third-order valence-electron chi connectivity index (χ3n) is 5.00. The van der Waals surface area contributed by atoms with Gasteiger partial charge < -0.3 is 14.7 Å². The standard InChI is InChI=1S/C21H20F2N4O2/c1-2-13-5-3-6-15(11-13)24-21(28)27-10-4-7-18(27)20-25-19(26-29-20)16-9-8-14(22)12-17(16)23/h3,5-6,8-9,11-12,18H,2,4,7,10H2,1H3,(H,24,28)/t18-/m0/s1. The van der Waals surface area contributed by atoms with Gasteiger partial charge in [0.05, 0.1) is 5.56 Å². The minimum atomic E-state index is -0.769. The smallest absolute Gasteiger partial charge is 0.322 e. The second-order valence-corrected chi connectivity index (χ2v) is 6.92. The van der Waals surface area contributed by atoms with E-state index in [1.807, 2.05) is 24.3 Å². The third kappa shape index (κ3) is 3.96. The van der Waals surface area contributed by atoms with Crippen molar-refractivity contribution >= 4 is 11.7 Å². The van der Waals surface area contributed by atoms with Crippen LogP contribution < -0.4 is 5.32 Å². The number of amides is 2. The fourth-order valence-corrected chi connectivity index (χ4v) is 3.48. The van der Waals surface area contributed by atoms with Gasteiger partial charge in [-0.2, -0.15) is 4.98 Å². The quantitative estimate of drug-likeness (QED) is 0.675. The predicted molar refractivity (Wildman–Crippen MR) is 103 cm³/mol. The molecule has 2 aromatic carbocycles. The summed E-state index contributed by atoms with van der Waals surface area (Å²) < 4.78 is 32.4. The number of carbonyl (C=O) groups is 1. The molecule has 1 aliphatic heterocycles. The fraction of sp³-hybridized carbons (Fsp3) is 0.286. The Morgan fingerprint density at radius 3 is 2.93 bits per heavy atom. The number of carbonyl (C=O) groups excluding carboxylic acids is 1. The number of aromatic nitrogens is 2. The zero-order chi connectivity index (χ0) is 20.4. The Bertz CT molecular complexity index is 1040. The fourth-order valence-electron chi connectivity index (χ4n) is 3.48. The topological polar surface area (TPSA) is 71.3 Å². The molecule has 2 heterocycles. The molecule has 1 aliphatic rings. The molecule has 1 atom stereocenters. The lowest BCUT2D eigenvalue weighted by Crippen LogP contribution is -2.34. The number of nitrogens with zero attached hydrogens (tertiary/aromatic N) is 3. The van der Waals surface area contributed by atoms with Gasteiger partial charge in [-0.15, -0.1) is 0 Å². The van der Waals surface area contributed by atoms with E-state index in [-0.39, 0.29) is 23.3 Å². The summed E-state index contributed by atoms with van der Waals surface area (Å²) in [5.74, 6) is -1.19. The highest BCUT2D eigenvalue weighted by Crippen LogP contribution is 2.33. The highest BCUT2D eigenvalue weighted by molar-refractivity contribution is 5.89. The van der Waals surface area contributed by atoms with E-state index in [4.69, 9.17) is 4.52 Å². The maximum atomic E-state index is 14.0. The maximum absolute atomic E-state index is 14.0. The molecule has 1 fully saturated rings. The monoisotopic (exact) mass is 398 g/mol. The predicted octanol–water partition coefficient (Wildman–Crippen LogP) is 4.95. The molecule has 4 rings (SSSR count). The molecule has 0 unspecified atom stereocenters. The van der Waals surface area contributed by atoms with Gasteiger partial charge in [0.15, 0.2) is 0 Å². The van der Waals surface area contributed by atoms with Gasteiger partial charge in [0.25, 0.3) is 0 Å². The lowest BCUT2D eigenvalue weighted by Gasteiger charge is -2.22. The highest BCUT2D eigenvalue weighted by atomic mass is 19.1. The van der Waals surface area contributed by atoms with E-state index in [2.05, 4.69) is 22.4 Å². The molecule has 6 nitrogen and oxygen atoms in total. The van der Waals surface area contributed by atoms with E-state index in [1.165, 1.54) is 6.07 Å². The number of hydrogen-bond acceptors (Lipinski definition) is 4. The van der Waals surface area contributed by atoms with Crippen molar-refractivity contribution in [3.8, 4) is 11.4 Å². The molecule has 1 aromatic heterocycles. The van der Waals surface area contributed by atoms with Crippen molar-refractivity contribution in [1.29, 1.82) is 0 Å². The molecule has 8 heteroatoms. The lowest BCUT2D eigenvalue weighted by molar-refractivity contribution is 0.193. The molecular formula is C21H20F2N4O2. The zero-order valence-electron chi connectivity index (χ0n) is 15.9. The number of anilines is 1. The largest absolute Gasteiger partial charge is 0.337 e. The Kier molecular flexibility index (Phi) is 5.24. The second-order valence-electron chi connectivity index (χ2n) is 6.92. The van der Waals surface area contributed by atoms with E-state index < -0.39 is 17.7 Å². The van der Waals surface area contributed by atoms with Gasteiger partial charge in [0.1, 0.15) is 17.7 Å². The zero-order valence-corrected chi connectivity index (χ0v) is 15.9. The van der Waals surface area contributed by atoms with Gasteiger partial charge in [-0.1, -0.05) is 24.2 Å². The van der Waals surface area contributed by atoms with Crippen LogP contribution in [-0.4, -0.2) is 27.6 Å². The van der Waals surface area contributed by atoms with E-state index in [9.17, 15) is 13.6 Å². The van der Waals surface area contributed by atoms with Crippen molar-refractivity contribution in [3.05, 3.63) is 65.6 Å². The Balaban J connectivity index is 1.52. The summed E-state index contributed by atoms with van der Waals surface area (Å²) in [6, 6.07) is 10.2. The number of nitrogens with one attached hydrogen (secondary N) is 1. The molecule has 0 bridgehead atoms. The van der Waals surface area contributed by atoms with Crippen LogP contribution in [0.5, 0.6) is 0 Å². The number of rotatable bonds is 4. The first-order chi connectivity index (χ1) is 14.0. The van der Waals surface area contributed by atoms with Crippen LogP contribution in [0.15, 0.2) is 47.0 Å². The van der Waals surface area contributed by atoms with Crippen molar-refractivity contribution < 1.29 is 18.1 Å². The third-order valence-corrected chi connectivity index (χ3v) is 5.00. The molecule has 0 spiro atoms. The van der Waals surface area contributed by atoms with Crippen LogP contribution in [0, 0.1) is 11.6 Å². The van der Waals surface area contributed by atoms with E-state index in [0.717, 1.165) is 36.2 Å². The van der Waals surface area contributed by atoms with E-state index in [0.29, 0.717) is 13.0 Å². The Hall–Kier alpha value is -3.29. The SMILES string of the molecule is CCc1cccc(NC(=O)N2CCC[C@H]2c2nc(-c3ccc(F)cc3F)no2)c1. The summed E-state index contributed by atoms with van der Waals surface area (Å²) in [4.78, 5) is 18.7. The maximum Gasteiger partial charge on any atom is 0.322 e. The summed E-state index contributed by atoms with van der Waals surface area (Å²) in [6.07, 6.45) is 2.33. The molecular weight excluding hydrogens is 378 g/mol. The normalized spacial score (nSPS) is 16.2.